The molecule has 0 amide bonds. The van der Waals surface area contributed by atoms with Gasteiger partial charge in [0.15, 0.2) is 5.82 Å². The van der Waals surface area contributed by atoms with Gasteiger partial charge in [0, 0.05) is 0 Å². The van der Waals surface area contributed by atoms with Crippen LogP contribution in [0.25, 0.3) is 0 Å². The summed E-state index contributed by atoms with van der Waals surface area (Å²) in [7, 11) is 1.13. The monoisotopic (exact) mass is 257 g/mol. The summed E-state index contributed by atoms with van der Waals surface area (Å²) in [5, 5.41) is 8.64. The number of hydrogen-bond donors (Lipinski definition) is 0. The van der Waals surface area contributed by atoms with Crippen LogP contribution in [0.2, 0.25) is 0 Å². The van der Waals surface area contributed by atoms with Gasteiger partial charge in [-0.3, -0.25) is 0 Å². The van der Waals surface area contributed by atoms with Crippen molar-refractivity contribution in [2.24, 2.45) is 0 Å². The predicted molar refractivity (Wildman–Crippen MR) is 50.2 cm³/mol. The van der Waals surface area contributed by atoms with Crippen LogP contribution in [0.3, 0.4) is 0 Å². The van der Waals surface area contributed by atoms with Crippen molar-refractivity contribution in [1.82, 2.24) is 0 Å². The van der Waals surface area contributed by atoms with Crippen molar-refractivity contribution in [2.45, 2.75) is 0 Å². The molecule has 3 nitrogen and oxygen atoms in total. The number of halogens is 2. The summed E-state index contributed by atoms with van der Waals surface area (Å²) in [6.45, 7) is 0. The molecule has 0 aliphatic rings. The van der Waals surface area contributed by atoms with Crippen LogP contribution in [0.5, 0.6) is 0 Å². The number of esters is 1. The molecule has 0 spiro atoms. The molecule has 0 aliphatic carbocycles. The Hall–Kier alpha value is -1.41. The second kappa shape index (κ2) is 4.20. The number of benzene rings is 1. The van der Waals surface area contributed by atoms with E-state index in [4.69, 9.17) is 5.26 Å². The maximum absolute atomic E-state index is 13.4. The van der Waals surface area contributed by atoms with Gasteiger partial charge in [0.25, 0.3) is 0 Å². The number of carbonyl (C=O) groups is 1. The molecule has 1 rings (SSSR count). The minimum absolute atomic E-state index is 0.0439. The smallest absolute Gasteiger partial charge is 0.342 e. The van der Waals surface area contributed by atoms with Gasteiger partial charge in [-0.15, -0.1) is 0 Å². The average Bonchev–Trinajstić information content (AvgIpc) is 2.20. The average molecular weight is 258 g/mol. The molecule has 72 valence electrons. The highest BCUT2D eigenvalue weighted by atomic mass is 79.9. The first-order chi connectivity index (χ1) is 6.61. The summed E-state index contributed by atoms with van der Waals surface area (Å²) in [5.41, 5.74) is -0.387. The molecule has 0 saturated carbocycles. The van der Waals surface area contributed by atoms with Crippen LogP contribution >= 0.6 is 15.9 Å². The molecule has 0 aliphatic heterocycles. The fourth-order valence-electron chi connectivity index (χ4n) is 0.945. The van der Waals surface area contributed by atoms with Crippen molar-refractivity contribution in [2.75, 3.05) is 7.11 Å². The van der Waals surface area contributed by atoms with Gasteiger partial charge in [-0.05, 0) is 28.1 Å². The second-order valence-electron chi connectivity index (χ2n) is 2.39. The molecule has 0 heterocycles. The molecule has 0 unspecified atom stereocenters. The van der Waals surface area contributed by atoms with Crippen molar-refractivity contribution >= 4 is 21.9 Å². The molecular weight excluding hydrogens is 253 g/mol. The zero-order valence-corrected chi connectivity index (χ0v) is 8.76. The molecule has 0 atom stereocenters. The first kappa shape index (κ1) is 10.7. The van der Waals surface area contributed by atoms with E-state index in [0.717, 1.165) is 7.11 Å². The van der Waals surface area contributed by atoms with Crippen molar-refractivity contribution in [3.05, 3.63) is 33.5 Å². The molecule has 0 saturated heterocycles. The molecule has 14 heavy (non-hydrogen) atoms. The lowest BCUT2D eigenvalue weighted by Gasteiger charge is -2.04. The summed E-state index contributed by atoms with van der Waals surface area (Å²) in [6, 6.07) is 4.43. The fraction of sp³-hybridized carbons (Fsp3) is 0.111. The maximum atomic E-state index is 13.4. The number of rotatable bonds is 1. The van der Waals surface area contributed by atoms with Crippen molar-refractivity contribution in [3.8, 4) is 6.07 Å². The van der Waals surface area contributed by atoms with Crippen LogP contribution in [-0.4, -0.2) is 13.1 Å². The minimum Gasteiger partial charge on any atom is -0.465 e. The lowest BCUT2D eigenvalue weighted by Crippen LogP contribution is -2.07. The zero-order valence-electron chi connectivity index (χ0n) is 7.17. The quantitative estimate of drug-likeness (QED) is 0.726. The Kier molecular flexibility index (Phi) is 3.20. The van der Waals surface area contributed by atoms with Gasteiger partial charge in [-0.1, -0.05) is 0 Å². The molecule has 1 aromatic carbocycles. The Labute approximate surface area is 88.2 Å². The van der Waals surface area contributed by atoms with E-state index in [0.29, 0.717) is 0 Å². The van der Waals surface area contributed by atoms with Crippen molar-refractivity contribution in [3.63, 3.8) is 0 Å². The van der Waals surface area contributed by atoms with Crippen LogP contribution in [-0.2, 0) is 4.74 Å². The molecular formula is C9H5BrFNO2. The first-order valence-corrected chi connectivity index (χ1v) is 4.37. The minimum atomic E-state index is -0.861. The van der Waals surface area contributed by atoms with E-state index in [2.05, 4.69) is 20.7 Å². The predicted octanol–water partition coefficient (Wildman–Crippen LogP) is 2.25. The normalized spacial score (nSPS) is 9.29. The largest absolute Gasteiger partial charge is 0.465 e. The van der Waals surface area contributed by atoms with Gasteiger partial charge in [-0.2, -0.15) is 5.26 Å². The zero-order chi connectivity index (χ0) is 10.7. The Morgan fingerprint density at radius 2 is 2.29 bits per heavy atom. The molecule has 5 heteroatoms. The summed E-state index contributed by atoms with van der Waals surface area (Å²) in [5.74, 6) is -1.64. The number of nitriles is 1. The Balaban J connectivity index is 3.45. The highest BCUT2D eigenvalue weighted by molar-refractivity contribution is 9.10. The number of ether oxygens (including phenoxy) is 1. The van der Waals surface area contributed by atoms with Crippen LogP contribution < -0.4 is 0 Å². The fourth-order valence-corrected chi connectivity index (χ4v) is 1.28. The molecule has 0 bridgehead atoms. The topological polar surface area (TPSA) is 50.1 Å². The van der Waals surface area contributed by atoms with Crippen LogP contribution in [0, 0.1) is 17.1 Å². The van der Waals surface area contributed by atoms with E-state index in [1.54, 1.807) is 6.07 Å². The first-order valence-electron chi connectivity index (χ1n) is 3.58. The van der Waals surface area contributed by atoms with Gasteiger partial charge in [0.05, 0.1) is 17.1 Å². The van der Waals surface area contributed by atoms with E-state index in [-0.39, 0.29) is 15.6 Å². The van der Waals surface area contributed by atoms with E-state index >= 15 is 0 Å². The highest BCUT2D eigenvalue weighted by Crippen LogP contribution is 2.22. The number of methoxy groups -OCH3 is 1. The summed E-state index contributed by atoms with van der Waals surface area (Å²) < 4.78 is 17.9. The Morgan fingerprint density at radius 1 is 1.64 bits per heavy atom. The molecule has 0 aromatic heterocycles. The van der Waals surface area contributed by atoms with Gasteiger partial charge < -0.3 is 4.74 Å². The maximum Gasteiger partial charge on any atom is 0.342 e. The SMILES string of the molecule is COC(=O)c1c(C#N)ccc(Br)c1F. The van der Waals surface area contributed by atoms with Crippen LogP contribution in [0.4, 0.5) is 4.39 Å². The molecule has 0 fully saturated rings. The number of hydrogen-bond acceptors (Lipinski definition) is 3. The van der Waals surface area contributed by atoms with Gasteiger partial charge in [0.2, 0.25) is 0 Å². The van der Waals surface area contributed by atoms with Crippen LogP contribution in [0.15, 0.2) is 16.6 Å². The highest BCUT2D eigenvalue weighted by Gasteiger charge is 2.19. The van der Waals surface area contributed by atoms with E-state index < -0.39 is 11.8 Å². The molecule has 1 aromatic rings. The third-order valence-electron chi connectivity index (χ3n) is 1.60. The number of carbonyl (C=O) groups excluding carboxylic acids is 1. The standard InChI is InChI=1S/C9H5BrFNO2/c1-14-9(13)7-5(4-12)2-3-6(10)8(7)11/h2-3H,1H3. The lowest BCUT2D eigenvalue weighted by atomic mass is 10.1. The third kappa shape index (κ3) is 1.75. The van der Waals surface area contributed by atoms with E-state index in [1.165, 1.54) is 12.1 Å². The van der Waals surface area contributed by atoms with Gasteiger partial charge in [-0.25, -0.2) is 9.18 Å². The van der Waals surface area contributed by atoms with E-state index in [1.807, 2.05) is 0 Å². The summed E-state index contributed by atoms with van der Waals surface area (Å²) in [4.78, 5) is 11.1. The lowest BCUT2D eigenvalue weighted by molar-refractivity contribution is 0.0595. The number of nitrogens with zero attached hydrogens (tertiary/aromatic N) is 1. The third-order valence-corrected chi connectivity index (χ3v) is 2.22. The van der Waals surface area contributed by atoms with Crippen molar-refractivity contribution in [1.29, 1.82) is 5.26 Å². The Morgan fingerprint density at radius 3 is 2.79 bits per heavy atom. The summed E-state index contributed by atoms with van der Waals surface area (Å²) in [6.07, 6.45) is 0. The van der Waals surface area contributed by atoms with Gasteiger partial charge >= 0.3 is 5.97 Å². The summed E-state index contributed by atoms with van der Waals surface area (Å²) >= 11 is 2.91. The van der Waals surface area contributed by atoms with Crippen LogP contribution in [0.1, 0.15) is 15.9 Å². The molecule has 0 N–H and O–H groups in total. The second-order valence-corrected chi connectivity index (χ2v) is 3.24. The van der Waals surface area contributed by atoms with Gasteiger partial charge in [0.1, 0.15) is 11.6 Å². The molecule has 0 radical (unpaired) electrons. The van der Waals surface area contributed by atoms with E-state index in [9.17, 15) is 9.18 Å². The Bertz CT molecular complexity index is 426. The van der Waals surface area contributed by atoms with Crippen molar-refractivity contribution < 1.29 is 13.9 Å².